The molecule has 0 aliphatic carbocycles. The van der Waals surface area contributed by atoms with Gasteiger partial charge in [-0.25, -0.2) is 0 Å². The van der Waals surface area contributed by atoms with Crippen molar-refractivity contribution >= 4 is 11.7 Å². The molecule has 1 aliphatic heterocycles. The lowest BCUT2D eigenvalue weighted by molar-refractivity contribution is 0.102. The highest BCUT2D eigenvalue weighted by molar-refractivity contribution is 6.99. The number of aromatic nitrogens is 2. The summed E-state index contributed by atoms with van der Waals surface area (Å²) in [6, 6.07) is 0.526. The fourth-order valence-electron chi connectivity index (χ4n) is 2.23. The van der Waals surface area contributed by atoms with Crippen LogP contribution >= 0.6 is 11.7 Å². The molecule has 0 bridgehead atoms. The summed E-state index contributed by atoms with van der Waals surface area (Å²) >= 11 is 1.10. The molecule has 1 fully saturated rings. The Morgan fingerprint density at radius 1 is 1.47 bits per heavy atom. The van der Waals surface area contributed by atoms with E-state index in [4.69, 9.17) is 4.74 Å². The topological polar surface area (TPSA) is 70.5 Å². The van der Waals surface area contributed by atoms with E-state index >= 15 is 0 Å². The van der Waals surface area contributed by atoms with Gasteiger partial charge >= 0.3 is 0 Å². The monoisotopic (exact) mass is 286 g/mol. The Morgan fingerprint density at radius 3 is 2.95 bits per heavy atom. The molecule has 0 spiro atoms. The van der Waals surface area contributed by atoms with Crippen molar-refractivity contribution in [2.24, 2.45) is 0 Å². The first-order valence-corrected chi connectivity index (χ1v) is 7.52. The highest BCUT2D eigenvalue weighted by Gasteiger charge is 2.17. The lowest BCUT2D eigenvalue weighted by atomic mass is 10.3. The molecule has 1 aliphatic rings. The highest BCUT2D eigenvalue weighted by Crippen LogP contribution is 2.10. The lowest BCUT2D eigenvalue weighted by Gasteiger charge is -2.24. The minimum absolute atomic E-state index is 0.247. The van der Waals surface area contributed by atoms with E-state index < -0.39 is 6.10 Å². The van der Waals surface area contributed by atoms with Crippen LogP contribution in [0.4, 0.5) is 0 Å². The summed E-state index contributed by atoms with van der Waals surface area (Å²) in [5.74, 6) is 0.481. The Kier molecular flexibility index (Phi) is 5.96. The third-order valence-electron chi connectivity index (χ3n) is 3.35. The zero-order valence-corrected chi connectivity index (χ0v) is 12.1. The quantitative estimate of drug-likeness (QED) is 0.719. The van der Waals surface area contributed by atoms with E-state index in [9.17, 15) is 5.11 Å². The molecule has 2 rings (SSSR count). The van der Waals surface area contributed by atoms with Crippen molar-refractivity contribution in [3.63, 3.8) is 0 Å². The largest absolute Gasteiger partial charge is 0.473 e. The number of ether oxygens (including phenoxy) is 1. The summed E-state index contributed by atoms with van der Waals surface area (Å²) in [6.45, 7) is 6.31. The molecular formula is C12H22N4O2S. The van der Waals surface area contributed by atoms with E-state index in [1.807, 2.05) is 0 Å². The fourth-order valence-corrected chi connectivity index (χ4v) is 2.60. The molecule has 6 nitrogen and oxygen atoms in total. The normalized spacial score (nSPS) is 19.5. The van der Waals surface area contributed by atoms with Crippen LogP contribution in [0.5, 0.6) is 5.88 Å². The van der Waals surface area contributed by atoms with E-state index in [0.717, 1.165) is 18.3 Å². The Balaban J connectivity index is 1.54. The van der Waals surface area contributed by atoms with Gasteiger partial charge in [0.2, 0.25) is 5.88 Å². The maximum Gasteiger partial charge on any atom is 0.245 e. The number of nitrogens with zero attached hydrogens (tertiary/aromatic N) is 3. The number of hydrogen-bond donors (Lipinski definition) is 2. The molecule has 2 heterocycles. The molecule has 7 heteroatoms. The Labute approximate surface area is 118 Å². The number of rotatable bonds is 8. The lowest BCUT2D eigenvalue weighted by Crippen LogP contribution is -2.41. The van der Waals surface area contributed by atoms with Gasteiger partial charge in [-0.05, 0) is 32.9 Å². The molecule has 19 heavy (non-hydrogen) atoms. The average molecular weight is 286 g/mol. The van der Waals surface area contributed by atoms with Crippen LogP contribution in [0.25, 0.3) is 0 Å². The van der Waals surface area contributed by atoms with Crippen molar-refractivity contribution in [3.05, 3.63) is 6.20 Å². The number of hydrogen-bond acceptors (Lipinski definition) is 7. The third kappa shape index (κ3) is 5.02. The molecule has 1 saturated heterocycles. The molecule has 108 valence electrons. The van der Waals surface area contributed by atoms with Crippen LogP contribution < -0.4 is 10.1 Å². The smallest absolute Gasteiger partial charge is 0.245 e. The van der Waals surface area contributed by atoms with Crippen LogP contribution in [-0.2, 0) is 0 Å². The molecule has 2 atom stereocenters. The summed E-state index contributed by atoms with van der Waals surface area (Å²) in [4.78, 5) is 2.48. The van der Waals surface area contributed by atoms with E-state index in [-0.39, 0.29) is 6.61 Å². The van der Waals surface area contributed by atoms with Gasteiger partial charge in [0.15, 0.2) is 0 Å². The fraction of sp³-hybridized carbons (Fsp3) is 0.833. The predicted molar refractivity (Wildman–Crippen MR) is 74.5 cm³/mol. The summed E-state index contributed by atoms with van der Waals surface area (Å²) in [5, 5.41) is 13.1. The molecule has 2 unspecified atom stereocenters. The van der Waals surface area contributed by atoms with Crippen molar-refractivity contribution in [2.75, 3.05) is 32.8 Å². The first-order chi connectivity index (χ1) is 9.25. The van der Waals surface area contributed by atoms with Gasteiger partial charge in [0.25, 0.3) is 0 Å². The van der Waals surface area contributed by atoms with Crippen molar-refractivity contribution in [2.45, 2.75) is 31.9 Å². The summed E-state index contributed by atoms with van der Waals surface area (Å²) < 4.78 is 13.1. The van der Waals surface area contributed by atoms with Crippen LogP contribution in [0.3, 0.4) is 0 Å². The van der Waals surface area contributed by atoms with Crippen molar-refractivity contribution in [3.8, 4) is 5.88 Å². The van der Waals surface area contributed by atoms with E-state index in [1.54, 1.807) is 6.20 Å². The van der Waals surface area contributed by atoms with Crippen LogP contribution in [0.1, 0.15) is 19.8 Å². The molecule has 0 saturated carbocycles. The van der Waals surface area contributed by atoms with Gasteiger partial charge in [0.1, 0.15) is 18.9 Å². The zero-order chi connectivity index (χ0) is 13.5. The first kappa shape index (κ1) is 14.6. The standard InChI is InChI=1S/C12H22N4O2S/c1-10(16-4-2-3-5-16)6-13-7-11(17)9-18-12-8-14-19-15-12/h8,10-11,13,17H,2-7,9H2,1H3. The van der Waals surface area contributed by atoms with E-state index in [1.165, 1.54) is 25.9 Å². The van der Waals surface area contributed by atoms with E-state index in [2.05, 4.69) is 25.9 Å². The molecule has 1 aromatic rings. The maximum absolute atomic E-state index is 9.78. The Hall–Kier alpha value is -0.760. The van der Waals surface area contributed by atoms with Gasteiger partial charge in [-0.2, -0.15) is 4.37 Å². The first-order valence-electron chi connectivity index (χ1n) is 6.79. The average Bonchev–Trinajstić information content (AvgIpc) is 3.09. The second-order valence-corrected chi connectivity index (χ2v) is 5.52. The predicted octanol–water partition coefficient (Wildman–Crippen LogP) is 0.352. The van der Waals surface area contributed by atoms with Gasteiger partial charge in [-0.3, -0.25) is 4.90 Å². The molecular weight excluding hydrogens is 264 g/mol. The number of aliphatic hydroxyl groups excluding tert-OH is 1. The Bertz CT molecular complexity index is 344. The third-order valence-corrected chi connectivity index (χ3v) is 3.81. The minimum Gasteiger partial charge on any atom is -0.473 e. The van der Waals surface area contributed by atoms with Gasteiger partial charge in [0.05, 0.1) is 11.7 Å². The van der Waals surface area contributed by atoms with Crippen LogP contribution in [0, 0.1) is 0 Å². The van der Waals surface area contributed by atoms with Crippen molar-refractivity contribution in [1.82, 2.24) is 19.0 Å². The SMILES string of the molecule is CC(CNCC(O)COc1cnsn1)N1CCCC1. The van der Waals surface area contributed by atoms with Gasteiger partial charge in [-0.1, -0.05) is 0 Å². The number of nitrogens with one attached hydrogen (secondary N) is 1. The molecule has 2 N–H and O–H groups in total. The van der Waals surface area contributed by atoms with Gasteiger partial charge in [0, 0.05) is 19.1 Å². The summed E-state index contributed by atoms with van der Waals surface area (Å²) in [7, 11) is 0. The molecule has 0 aromatic carbocycles. The highest BCUT2D eigenvalue weighted by atomic mass is 32.1. The zero-order valence-electron chi connectivity index (χ0n) is 11.3. The van der Waals surface area contributed by atoms with Crippen molar-refractivity contribution < 1.29 is 9.84 Å². The molecule has 0 radical (unpaired) electrons. The van der Waals surface area contributed by atoms with Crippen molar-refractivity contribution in [1.29, 1.82) is 0 Å². The second kappa shape index (κ2) is 7.74. The van der Waals surface area contributed by atoms with Gasteiger partial charge < -0.3 is 15.2 Å². The minimum atomic E-state index is -0.521. The van der Waals surface area contributed by atoms with Gasteiger partial charge in [-0.15, -0.1) is 4.37 Å². The molecule has 1 aromatic heterocycles. The summed E-state index contributed by atoms with van der Waals surface area (Å²) in [5.41, 5.74) is 0. The Morgan fingerprint density at radius 2 is 2.26 bits per heavy atom. The van der Waals surface area contributed by atoms with E-state index in [0.29, 0.717) is 18.5 Å². The molecule has 0 amide bonds. The van der Waals surface area contributed by atoms with Crippen LogP contribution in [-0.4, -0.2) is 63.7 Å². The number of likely N-dealkylation sites (tertiary alicyclic amines) is 1. The second-order valence-electron chi connectivity index (χ2n) is 4.96. The summed E-state index contributed by atoms with van der Waals surface area (Å²) in [6.07, 6.45) is 3.65. The number of aliphatic hydroxyl groups is 1. The van der Waals surface area contributed by atoms with Crippen LogP contribution in [0.15, 0.2) is 6.20 Å². The van der Waals surface area contributed by atoms with Crippen LogP contribution in [0.2, 0.25) is 0 Å². The maximum atomic E-state index is 9.78.